The highest BCUT2D eigenvalue weighted by Gasteiger charge is 1.97. The lowest BCUT2D eigenvalue weighted by Crippen LogP contribution is -1.93. The summed E-state index contributed by atoms with van der Waals surface area (Å²) in [5.41, 5.74) is 0. The van der Waals surface area contributed by atoms with Crippen LogP contribution >= 0.6 is 9.24 Å². The zero-order valence-electron chi connectivity index (χ0n) is 6.69. The Kier molecular flexibility index (Phi) is 6.86. The summed E-state index contributed by atoms with van der Waals surface area (Å²) in [5.74, 6) is 0.954. The summed E-state index contributed by atoms with van der Waals surface area (Å²) in [6.45, 7) is 4.61. The quantitative estimate of drug-likeness (QED) is 0.523. The van der Waals surface area contributed by atoms with E-state index in [0.29, 0.717) is 0 Å². The molecule has 0 aromatic heterocycles. The van der Waals surface area contributed by atoms with Gasteiger partial charge in [-0.25, -0.2) is 0 Å². The van der Waals surface area contributed by atoms with Crippen molar-refractivity contribution in [3.63, 3.8) is 0 Å². The molecule has 0 amide bonds. The molecule has 0 aliphatic heterocycles. The molecule has 9 heavy (non-hydrogen) atoms. The fourth-order valence-electron chi connectivity index (χ4n) is 1.10. The summed E-state index contributed by atoms with van der Waals surface area (Å²) >= 11 is 0. The molecule has 0 spiro atoms. The normalized spacial score (nSPS) is 13.7. The molecule has 0 N–H and O–H groups in total. The molecule has 56 valence electrons. The lowest BCUT2D eigenvalue weighted by Gasteiger charge is -2.06. The summed E-state index contributed by atoms with van der Waals surface area (Å²) in [6.07, 6.45) is 6.82. The highest BCUT2D eigenvalue weighted by Crippen LogP contribution is 2.12. The summed E-state index contributed by atoms with van der Waals surface area (Å²) in [4.78, 5) is 0. The zero-order chi connectivity index (χ0) is 7.11. The number of hydrogen-bond acceptors (Lipinski definition) is 0. The zero-order valence-corrected chi connectivity index (χ0v) is 7.84. The van der Waals surface area contributed by atoms with Gasteiger partial charge in [-0.3, -0.25) is 0 Å². The van der Waals surface area contributed by atoms with Gasteiger partial charge in [0.2, 0.25) is 0 Å². The highest BCUT2D eigenvalue weighted by atomic mass is 31.0. The van der Waals surface area contributed by atoms with Crippen LogP contribution in [0.15, 0.2) is 0 Å². The first-order valence-electron chi connectivity index (χ1n) is 4.01. The maximum absolute atomic E-state index is 2.78. The first-order valence-corrected chi connectivity index (χ1v) is 4.83. The Morgan fingerprint density at radius 2 is 2.00 bits per heavy atom. The van der Waals surface area contributed by atoms with E-state index in [1.54, 1.807) is 0 Å². The lowest BCUT2D eigenvalue weighted by molar-refractivity contribution is 0.482. The summed E-state index contributed by atoms with van der Waals surface area (Å²) in [6, 6.07) is 0. The summed E-state index contributed by atoms with van der Waals surface area (Å²) in [7, 11) is 2.78. The SMILES string of the molecule is CCCC(C)CCCP. The summed E-state index contributed by atoms with van der Waals surface area (Å²) in [5, 5.41) is 0. The van der Waals surface area contributed by atoms with Crippen molar-refractivity contribution in [1.82, 2.24) is 0 Å². The molecule has 0 rings (SSSR count). The third kappa shape index (κ3) is 6.31. The van der Waals surface area contributed by atoms with Crippen LogP contribution < -0.4 is 0 Å². The maximum Gasteiger partial charge on any atom is -0.0381 e. The van der Waals surface area contributed by atoms with Gasteiger partial charge in [-0.1, -0.05) is 33.1 Å². The second-order valence-electron chi connectivity index (χ2n) is 2.82. The van der Waals surface area contributed by atoms with Crippen LogP contribution in [0, 0.1) is 5.92 Å². The Hall–Kier alpha value is 0.430. The van der Waals surface area contributed by atoms with Gasteiger partial charge < -0.3 is 0 Å². The standard InChI is InChI=1S/C8H19P/c1-3-5-8(2)6-4-7-9/h8H,3-7,9H2,1-2H3. The molecule has 0 aromatic carbocycles. The molecule has 0 heterocycles. The van der Waals surface area contributed by atoms with Gasteiger partial charge in [-0.05, 0) is 18.5 Å². The molecule has 0 saturated heterocycles. The fraction of sp³-hybridized carbons (Fsp3) is 1.00. The molecule has 0 saturated carbocycles. The molecule has 1 heteroatoms. The van der Waals surface area contributed by atoms with E-state index in [-0.39, 0.29) is 0 Å². The van der Waals surface area contributed by atoms with Crippen LogP contribution in [0.25, 0.3) is 0 Å². The van der Waals surface area contributed by atoms with Crippen molar-refractivity contribution in [2.45, 2.75) is 39.5 Å². The van der Waals surface area contributed by atoms with Gasteiger partial charge >= 0.3 is 0 Å². The van der Waals surface area contributed by atoms with Gasteiger partial charge in [0.15, 0.2) is 0 Å². The Labute approximate surface area is 61.6 Å². The third-order valence-corrected chi connectivity index (χ3v) is 2.09. The van der Waals surface area contributed by atoms with E-state index < -0.39 is 0 Å². The Morgan fingerprint density at radius 1 is 1.33 bits per heavy atom. The monoisotopic (exact) mass is 146 g/mol. The molecule has 0 radical (unpaired) electrons. The molecule has 2 atom stereocenters. The van der Waals surface area contributed by atoms with E-state index in [9.17, 15) is 0 Å². The van der Waals surface area contributed by atoms with E-state index in [0.717, 1.165) is 5.92 Å². The molecule has 0 aliphatic rings. The predicted molar refractivity (Wildman–Crippen MR) is 47.9 cm³/mol. The molecule has 2 unspecified atom stereocenters. The van der Waals surface area contributed by atoms with Crippen molar-refractivity contribution in [3.8, 4) is 0 Å². The predicted octanol–water partition coefficient (Wildman–Crippen LogP) is 3.08. The molecule has 0 nitrogen and oxygen atoms in total. The van der Waals surface area contributed by atoms with Crippen LogP contribution in [0.5, 0.6) is 0 Å². The van der Waals surface area contributed by atoms with Crippen molar-refractivity contribution in [1.29, 1.82) is 0 Å². The van der Waals surface area contributed by atoms with Crippen LogP contribution in [0.4, 0.5) is 0 Å². The minimum atomic E-state index is 0.954. The molecular weight excluding hydrogens is 127 g/mol. The smallest absolute Gasteiger partial charge is 0.0381 e. The number of rotatable bonds is 5. The van der Waals surface area contributed by atoms with Crippen molar-refractivity contribution >= 4 is 9.24 Å². The minimum Gasteiger partial charge on any atom is -0.138 e. The number of hydrogen-bond donors (Lipinski definition) is 0. The van der Waals surface area contributed by atoms with Crippen LogP contribution in [0.1, 0.15) is 39.5 Å². The van der Waals surface area contributed by atoms with Crippen LogP contribution in [0.3, 0.4) is 0 Å². The van der Waals surface area contributed by atoms with E-state index in [2.05, 4.69) is 23.1 Å². The van der Waals surface area contributed by atoms with Gasteiger partial charge in [0, 0.05) is 0 Å². The van der Waals surface area contributed by atoms with Gasteiger partial charge in [-0.2, -0.15) is 0 Å². The van der Waals surface area contributed by atoms with Crippen molar-refractivity contribution in [3.05, 3.63) is 0 Å². The first kappa shape index (κ1) is 9.43. The Morgan fingerprint density at radius 3 is 2.44 bits per heavy atom. The second kappa shape index (κ2) is 6.55. The van der Waals surface area contributed by atoms with E-state index >= 15 is 0 Å². The average molecular weight is 146 g/mol. The Balaban J connectivity index is 2.95. The van der Waals surface area contributed by atoms with E-state index in [4.69, 9.17) is 0 Å². The maximum atomic E-state index is 2.78. The highest BCUT2D eigenvalue weighted by molar-refractivity contribution is 7.16. The van der Waals surface area contributed by atoms with Crippen LogP contribution in [-0.2, 0) is 0 Å². The van der Waals surface area contributed by atoms with Crippen LogP contribution in [0.2, 0.25) is 0 Å². The molecule has 0 aliphatic carbocycles. The topological polar surface area (TPSA) is 0 Å². The average Bonchev–Trinajstić information content (AvgIpc) is 1.85. The molecule has 0 fully saturated rings. The Bertz CT molecular complexity index is 52.5. The largest absolute Gasteiger partial charge is 0.138 e. The fourth-order valence-corrected chi connectivity index (χ4v) is 1.34. The molecule has 0 bridgehead atoms. The van der Waals surface area contributed by atoms with Gasteiger partial charge in [0.25, 0.3) is 0 Å². The van der Waals surface area contributed by atoms with Gasteiger partial charge in [-0.15, -0.1) is 9.24 Å². The lowest BCUT2D eigenvalue weighted by atomic mass is 10.0. The van der Waals surface area contributed by atoms with Gasteiger partial charge in [0.1, 0.15) is 0 Å². The van der Waals surface area contributed by atoms with Crippen molar-refractivity contribution < 1.29 is 0 Å². The van der Waals surface area contributed by atoms with E-state index in [1.807, 2.05) is 0 Å². The van der Waals surface area contributed by atoms with Crippen LogP contribution in [-0.4, -0.2) is 6.16 Å². The molecule has 0 aromatic rings. The van der Waals surface area contributed by atoms with Gasteiger partial charge in [0.05, 0.1) is 0 Å². The first-order chi connectivity index (χ1) is 4.31. The minimum absolute atomic E-state index is 0.954. The second-order valence-corrected chi connectivity index (χ2v) is 3.40. The van der Waals surface area contributed by atoms with Crippen molar-refractivity contribution in [2.24, 2.45) is 5.92 Å². The molecular formula is C8H19P. The summed E-state index contributed by atoms with van der Waals surface area (Å²) < 4.78 is 0. The van der Waals surface area contributed by atoms with E-state index in [1.165, 1.54) is 31.8 Å². The van der Waals surface area contributed by atoms with Crippen molar-refractivity contribution in [2.75, 3.05) is 6.16 Å². The third-order valence-electron chi connectivity index (χ3n) is 1.68.